The first-order chi connectivity index (χ1) is 25.3. The molecule has 2 atom stereocenters. The zero-order chi connectivity index (χ0) is 37.7. The van der Waals surface area contributed by atoms with Crippen LogP contribution >= 0.6 is 0 Å². The number of fused-ring (bicyclic) bond motifs is 3. The molecule has 3 aliphatic rings. The maximum absolute atomic E-state index is 17.2. The third-order valence-corrected chi connectivity index (χ3v) is 18.2. The van der Waals surface area contributed by atoms with Crippen molar-refractivity contribution in [3.63, 3.8) is 0 Å². The molecule has 8 nitrogen and oxygen atoms in total. The minimum atomic E-state index is -2.28. The maximum Gasteiger partial charge on any atom is 0.319 e. The third kappa shape index (κ3) is 6.74. The molecule has 7 rings (SSSR count). The molecule has 282 valence electrons. The Bertz CT molecular complexity index is 2060. The van der Waals surface area contributed by atoms with Crippen LogP contribution in [0.2, 0.25) is 16.6 Å². The summed E-state index contributed by atoms with van der Waals surface area (Å²) in [7, 11) is -2.28. The van der Waals surface area contributed by atoms with E-state index in [1.807, 2.05) is 0 Å². The second-order valence-electron chi connectivity index (χ2n) is 16.0. The van der Waals surface area contributed by atoms with Gasteiger partial charge in [0.2, 0.25) is 0 Å². The molecule has 1 N–H and O–H groups in total. The van der Waals surface area contributed by atoms with Crippen molar-refractivity contribution in [2.75, 3.05) is 37.9 Å². The fourth-order valence-corrected chi connectivity index (χ4v) is 14.6. The van der Waals surface area contributed by atoms with E-state index >= 15 is 8.78 Å². The smallest absolute Gasteiger partial charge is 0.319 e. The van der Waals surface area contributed by atoms with E-state index in [0.29, 0.717) is 64.7 Å². The molecule has 3 saturated heterocycles. The predicted octanol–water partition coefficient (Wildman–Crippen LogP) is 9.28. The Kier molecular flexibility index (Phi) is 10.4. The summed E-state index contributed by atoms with van der Waals surface area (Å²) in [5, 5.41) is 13.7. The molecule has 3 aliphatic heterocycles. The molecule has 0 amide bonds. The highest BCUT2D eigenvalue weighted by atomic mass is 28.3. The molecule has 3 fully saturated rings. The number of aromatic nitrogens is 3. The second-order valence-corrected chi connectivity index (χ2v) is 21.6. The number of anilines is 1. The van der Waals surface area contributed by atoms with Crippen molar-refractivity contribution in [2.45, 2.75) is 108 Å². The maximum atomic E-state index is 17.2. The van der Waals surface area contributed by atoms with Crippen LogP contribution in [0.15, 0.2) is 30.5 Å². The molecule has 0 saturated carbocycles. The number of ether oxygens (including phenoxy) is 1. The van der Waals surface area contributed by atoms with Crippen LogP contribution in [0.1, 0.15) is 85.6 Å². The summed E-state index contributed by atoms with van der Waals surface area (Å²) < 4.78 is 54.0. The van der Waals surface area contributed by atoms with Gasteiger partial charge in [-0.3, -0.25) is 14.7 Å². The number of phenolic OH excluding ortho intramolecular Hbond substituents is 1. The summed E-state index contributed by atoms with van der Waals surface area (Å²) in [5.74, 6) is 2.17. The minimum Gasteiger partial charge on any atom is -0.508 e. The van der Waals surface area contributed by atoms with Crippen LogP contribution in [0.4, 0.5) is 19.0 Å². The largest absolute Gasteiger partial charge is 0.508 e. The van der Waals surface area contributed by atoms with Crippen molar-refractivity contribution in [1.29, 1.82) is 0 Å². The first kappa shape index (κ1) is 37.4. The van der Waals surface area contributed by atoms with E-state index in [9.17, 15) is 9.50 Å². The molecule has 0 spiro atoms. The van der Waals surface area contributed by atoms with Gasteiger partial charge in [-0.25, -0.2) is 18.2 Å². The number of hydrogen-bond donors (Lipinski definition) is 1. The summed E-state index contributed by atoms with van der Waals surface area (Å²) in [6.07, 6.45) is 5.39. The number of phenols is 1. The topological polar surface area (TPSA) is 83.8 Å². The molecule has 0 unspecified atom stereocenters. The highest BCUT2D eigenvalue weighted by Crippen LogP contribution is 2.43. The number of nitrogens with zero attached hydrogens (tertiary/aromatic N) is 5. The zero-order valence-electron chi connectivity index (χ0n) is 31.6. The van der Waals surface area contributed by atoms with Gasteiger partial charge in [-0.2, -0.15) is 9.97 Å². The molecule has 2 aromatic heterocycles. The molecule has 0 aliphatic carbocycles. The average molecular weight is 746 g/mol. The molecular weight excluding hydrogens is 696 g/mol. The molecule has 0 bridgehead atoms. The van der Waals surface area contributed by atoms with Crippen molar-refractivity contribution in [3.05, 3.63) is 47.7 Å². The van der Waals surface area contributed by atoms with Crippen molar-refractivity contribution in [2.24, 2.45) is 0 Å². The summed E-state index contributed by atoms with van der Waals surface area (Å²) in [4.78, 5) is 22.1. The lowest BCUT2D eigenvalue weighted by Gasteiger charge is -2.38. The Morgan fingerprint density at radius 3 is 2.55 bits per heavy atom. The number of aromatic hydroxyl groups is 1. The zero-order valence-corrected chi connectivity index (χ0v) is 32.6. The number of hydrogen-bond acceptors (Lipinski definition) is 8. The van der Waals surface area contributed by atoms with E-state index in [2.05, 4.69) is 67.9 Å². The van der Waals surface area contributed by atoms with Crippen LogP contribution < -0.4 is 9.80 Å². The number of hydroxylamine groups is 1. The molecule has 53 heavy (non-hydrogen) atoms. The molecule has 12 heteroatoms. The van der Waals surface area contributed by atoms with Crippen molar-refractivity contribution in [3.8, 4) is 34.5 Å². The molecule has 0 radical (unpaired) electrons. The summed E-state index contributed by atoms with van der Waals surface area (Å²) in [6, 6.07) is 5.79. The van der Waals surface area contributed by atoms with Crippen molar-refractivity contribution < 1.29 is 27.9 Å². The van der Waals surface area contributed by atoms with Crippen LogP contribution in [0, 0.1) is 23.1 Å². The number of benzene rings is 2. The van der Waals surface area contributed by atoms with E-state index in [1.165, 1.54) is 24.4 Å². The summed E-state index contributed by atoms with van der Waals surface area (Å²) >= 11 is 0. The van der Waals surface area contributed by atoms with Gasteiger partial charge in [0.25, 0.3) is 0 Å². The average Bonchev–Trinajstić information content (AvgIpc) is 3.49. The Hall–Kier alpha value is -3.92. The van der Waals surface area contributed by atoms with Crippen LogP contribution in [-0.4, -0.2) is 77.6 Å². The summed E-state index contributed by atoms with van der Waals surface area (Å²) in [5.41, 5.74) is 4.29. The molecule has 2 aromatic carbocycles. The van der Waals surface area contributed by atoms with Gasteiger partial charge in [-0.05, 0) is 78.9 Å². The van der Waals surface area contributed by atoms with Gasteiger partial charge < -0.3 is 9.84 Å². The van der Waals surface area contributed by atoms with Gasteiger partial charge in [-0.1, -0.05) is 53.5 Å². The van der Waals surface area contributed by atoms with E-state index in [0.717, 1.165) is 38.6 Å². The lowest BCUT2D eigenvalue weighted by molar-refractivity contribution is 0.105. The van der Waals surface area contributed by atoms with Crippen LogP contribution in [0.25, 0.3) is 32.9 Å². The molecular formula is C41H50F3N5O3Si. The monoisotopic (exact) mass is 745 g/mol. The summed E-state index contributed by atoms with van der Waals surface area (Å²) in [6.45, 7) is 15.5. The van der Waals surface area contributed by atoms with Gasteiger partial charge in [0.05, 0.1) is 23.1 Å². The van der Waals surface area contributed by atoms with Crippen molar-refractivity contribution >= 4 is 35.6 Å². The lowest BCUT2D eigenvalue weighted by Crippen LogP contribution is -2.43. The van der Waals surface area contributed by atoms with Crippen LogP contribution in [0.5, 0.6) is 11.8 Å². The third-order valence-electron chi connectivity index (χ3n) is 11.9. The quantitative estimate of drug-likeness (QED) is 0.141. The van der Waals surface area contributed by atoms with Crippen molar-refractivity contribution in [1.82, 2.24) is 19.9 Å². The molecule has 5 heterocycles. The number of halogens is 3. The van der Waals surface area contributed by atoms with E-state index in [-0.39, 0.29) is 40.7 Å². The normalized spacial score (nSPS) is 21.1. The van der Waals surface area contributed by atoms with Gasteiger partial charge in [0.1, 0.15) is 43.6 Å². The van der Waals surface area contributed by atoms with Gasteiger partial charge in [-0.15, -0.1) is 5.54 Å². The Morgan fingerprint density at radius 1 is 1.02 bits per heavy atom. The number of alkyl halides is 1. The van der Waals surface area contributed by atoms with Crippen LogP contribution in [-0.2, 0) is 4.84 Å². The minimum absolute atomic E-state index is 0.0457. The predicted molar refractivity (Wildman–Crippen MR) is 205 cm³/mol. The highest BCUT2D eigenvalue weighted by molar-refractivity contribution is 6.90. The Labute approximate surface area is 311 Å². The van der Waals surface area contributed by atoms with Gasteiger partial charge in [0.15, 0.2) is 11.6 Å². The lowest BCUT2D eigenvalue weighted by atomic mass is 9.95. The standard InChI is InChI=1S/C41H50F3N5O3Si/c1-25(2)53(26(3)4,27(5)6)18-13-31-34(43)12-11-28-19-30(50)20-32(35(28)31)37-36(44)38-33(22-45-37)39(49-16-8-7-9-17-52-49)47-40(46-38)51-24-41-14-10-15-48(41)23-29(42)21-41/h11-12,19-20,22,25-27,29,50H,7-10,14-17,21,23-24H2,1-6H3/t29-,41+/m1/s1. The second kappa shape index (κ2) is 14.7. The van der Waals surface area contributed by atoms with Crippen LogP contribution in [0.3, 0.4) is 0 Å². The van der Waals surface area contributed by atoms with E-state index in [4.69, 9.17) is 14.6 Å². The Balaban J connectivity index is 1.40. The first-order valence-corrected chi connectivity index (χ1v) is 21.3. The van der Waals surface area contributed by atoms with Gasteiger partial charge >= 0.3 is 6.01 Å². The Morgan fingerprint density at radius 2 is 1.79 bits per heavy atom. The number of pyridine rings is 1. The fourth-order valence-electron chi connectivity index (χ4n) is 9.39. The van der Waals surface area contributed by atoms with E-state index in [1.54, 1.807) is 11.1 Å². The highest BCUT2D eigenvalue weighted by Gasteiger charge is 2.49. The first-order valence-electron chi connectivity index (χ1n) is 19.1. The molecule has 4 aromatic rings. The van der Waals surface area contributed by atoms with E-state index < -0.39 is 31.4 Å². The number of rotatable bonds is 8. The van der Waals surface area contributed by atoms with Gasteiger partial charge in [0, 0.05) is 36.7 Å². The fraction of sp³-hybridized carbons (Fsp3) is 0.537. The SMILES string of the molecule is CC(C)[Si](C#Cc1c(F)ccc2cc(O)cc(-c3ncc4c(N5CCCCCO5)nc(OC[C@@]56CCCN5C[C@H](F)C6)nc4c3F)c12)(C(C)C)C(C)C.